The number of rotatable bonds is 2. The van der Waals surface area contributed by atoms with Crippen molar-refractivity contribution in [3.05, 3.63) is 47.1 Å². The first-order chi connectivity index (χ1) is 8.79. The number of benzene rings is 2. The minimum absolute atomic E-state index is 0.831. The molecule has 0 bridgehead atoms. The van der Waals surface area contributed by atoms with Gasteiger partial charge in [0.05, 0.1) is 13.3 Å². The number of ether oxygens (including phenoxy) is 1. The number of nitrogens with zero attached hydrogens (tertiary/aromatic N) is 1. The van der Waals surface area contributed by atoms with Crippen molar-refractivity contribution in [3.8, 4) is 15.6 Å². The van der Waals surface area contributed by atoms with Crippen molar-refractivity contribution in [1.82, 2.24) is 4.98 Å². The molecular weight excluding hydrogens is 310 g/mol. The highest BCUT2D eigenvalue weighted by atomic mass is 79.9. The molecule has 1 aromatic heterocycles. The molecule has 90 valence electrons. The molecule has 0 radical (unpaired) electrons. The van der Waals surface area contributed by atoms with Crippen molar-refractivity contribution < 1.29 is 4.74 Å². The second-order valence-electron chi connectivity index (χ2n) is 3.83. The zero-order valence-corrected chi connectivity index (χ0v) is 12.1. The number of thiazole rings is 1. The molecule has 0 aliphatic rings. The fourth-order valence-corrected chi connectivity index (χ4v) is 3.21. The van der Waals surface area contributed by atoms with Crippen LogP contribution in [0.25, 0.3) is 21.3 Å². The van der Waals surface area contributed by atoms with Gasteiger partial charge in [0.2, 0.25) is 0 Å². The smallest absolute Gasteiger partial charge is 0.194 e. The van der Waals surface area contributed by atoms with Gasteiger partial charge in [-0.1, -0.05) is 57.6 Å². The minimum Gasteiger partial charge on any atom is -0.486 e. The van der Waals surface area contributed by atoms with Gasteiger partial charge in [-0.05, 0) is 16.8 Å². The summed E-state index contributed by atoms with van der Waals surface area (Å²) in [6.07, 6.45) is 1.76. The Kier molecular flexibility index (Phi) is 3.06. The van der Waals surface area contributed by atoms with Crippen LogP contribution in [-0.4, -0.2) is 12.1 Å². The van der Waals surface area contributed by atoms with E-state index in [-0.39, 0.29) is 0 Å². The Balaban J connectivity index is 2.26. The number of halogens is 1. The molecule has 0 atom stereocenters. The predicted molar refractivity (Wildman–Crippen MR) is 79.3 cm³/mol. The normalized spacial score (nSPS) is 10.8. The molecule has 0 aliphatic heterocycles. The second-order valence-corrected chi connectivity index (χ2v) is 5.68. The van der Waals surface area contributed by atoms with Gasteiger partial charge in [0, 0.05) is 10.0 Å². The maximum Gasteiger partial charge on any atom is 0.194 e. The summed E-state index contributed by atoms with van der Waals surface area (Å²) >= 11 is 5.14. The summed E-state index contributed by atoms with van der Waals surface area (Å²) in [6, 6.07) is 12.5. The predicted octanol–water partition coefficient (Wildman–Crippen LogP) is 4.73. The van der Waals surface area contributed by atoms with E-state index in [2.05, 4.69) is 51.2 Å². The number of aromatic nitrogens is 1. The van der Waals surface area contributed by atoms with E-state index in [1.54, 1.807) is 24.6 Å². The molecular formula is C14H10BrNOS. The van der Waals surface area contributed by atoms with Crippen LogP contribution in [0, 0.1) is 0 Å². The van der Waals surface area contributed by atoms with Gasteiger partial charge in [0.1, 0.15) is 5.01 Å². The minimum atomic E-state index is 0.831. The Labute approximate surface area is 117 Å². The molecule has 0 saturated heterocycles. The zero-order chi connectivity index (χ0) is 12.5. The van der Waals surface area contributed by atoms with Crippen LogP contribution in [0.3, 0.4) is 0 Å². The highest BCUT2D eigenvalue weighted by Gasteiger charge is 2.09. The Morgan fingerprint density at radius 2 is 1.89 bits per heavy atom. The molecule has 3 rings (SSSR count). The number of methoxy groups -OCH3 is 1. The molecule has 0 fully saturated rings. The van der Waals surface area contributed by atoms with Gasteiger partial charge < -0.3 is 4.74 Å². The summed E-state index contributed by atoms with van der Waals surface area (Å²) in [5, 5.41) is 4.21. The topological polar surface area (TPSA) is 22.1 Å². The van der Waals surface area contributed by atoms with E-state index in [0.29, 0.717) is 0 Å². The maximum absolute atomic E-state index is 5.20. The van der Waals surface area contributed by atoms with Gasteiger partial charge in [0.15, 0.2) is 5.06 Å². The van der Waals surface area contributed by atoms with Crippen LogP contribution in [0.1, 0.15) is 0 Å². The first-order valence-corrected chi connectivity index (χ1v) is 7.08. The lowest BCUT2D eigenvalue weighted by Gasteiger charge is -2.05. The van der Waals surface area contributed by atoms with Crippen molar-refractivity contribution in [2.75, 3.05) is 7.11 Å². The molecule has 1 heterocycles. The SMILES string of the molecule is COc1cnc(-c2cccc3c(Br)cccc23)s1. The van der Waals surface area contributed by atoms with E-state index in [1.807, 2.05) is 6.07 Å². The van der Waals surface area contributed by atoms with Gasteiger partial charge in [-0.25, -0.2) is 4.98 Å². The largest absolute Gasteiger partial charge is 0.486 e. The standard InChI is InChI=1S/C14H10BrNOS/c1-17-13-8-16-14(18-13)11-6-2-5-10-9(11)4-3-7-12(10)15/h2-8H,1H3. The fraction of sp³-hybridized carbons (Fsp3) is 0.0714. The summed E-state index contributed by atoms with van der Waals surface area (Å²) in [7, 11) is 1.66. The van der Waals surface area contributed by atoms with Crippen LogP contribution in [0.2, 0.25) is 0 Å². The van der Waals surface area contributed by atoms with Gasteiger partial charge in [0.25, 0.3) is 0 Å². The molecule has 0 spiro atoms. The lowest BCUT2D eigenvalue weighted by atomic mass is 10.1. The lowest BCUT2D eigenvalue weighted by molar-refractivity contribution is 0.426. The number of hydrogen-bond donors (Lipinski definition) is 0. The van der Waals surface area contributed by atoms with Crippen LogP contribution in [0.5, 0.6) is 5.06 Å². The van der Waals surface area contributed by atoms with E-state index in [1.165, 1.54) is 10.8 Å². The lowest BCUT2D eigenvalue weighted by Crippen LogP contribution is -1.80. The fourth-order valence-electron chi connectivity index (χ4n) is 1.94. The van der Waals surface area contributed by atoms with Crippen molar-refractivity contribution in [2.45, 2.75) is 0 Å². The Bertz CT molecular complexity index is 708. The summed E-state index contributed by atoms with van der Waals surface area (Å²) in [5.41, 5.74) is 1.14. The van der Waals surface area contributed by atoms with Crippen LogP contribution in [0.15, 0.2) is 47.1 Å². The second kappa shape index (κ2) is 4.71. The van der Waals surface area contributed by atoms with Crippen LogP contribution >= 0.6 is 27.3 Å². The summed E-state index contributed by atoms with van der Waals surface area (Å²) in [6.45, 7) is 0. The molecule has 0 amide bonds. The van der Waals surface area contributed by atoms with Crippen molar-refractivity contribution in [2.24, 2.45) is 0 Å². The van der Waals surface area contributed by atoms with Crippen molar-refractivity contribution in [3.63, 3.8) is 0 Å². The van der Waals surface area contributed by atoms with E-state index in [9.17, 15) is 0 Å². The third-order valence-electron chi connectivity index (χ3n) is 2.78. The van der Waals surface area contributed by atoms with E-state index in [0.717, 1.165) is 20.1 Å². The van der Waals surface area contributed by atoms with Gasteiger partial charge in [-0.2, -0.15) is 0 Å². The average Bonchev–Trinajstić information content (AvgIpc) is 2.87. The molecule has 18 heavy (non-hydrogen) atoms. The van der Waals surface area contributed by atoms with E-state index in [4.69, 9.17) is 4.74 Å². The molecule has 4 heteroatoms. The number of hydrogen-bond acceptors (Lipinski definition) is 3. The zero-order valence-electron chi connectivity index (χ0n) is 9.68. The molecule has 3 aromatic rings. The Morgan fingerprint density at radius 3 is 2.67 bits per heavy atom. The van der Waals surface area contributed by atoms with Gasteiger partial charge in [-0.3, -0.25) is 0 Å². The quantitative estimate of drug-likeness (QED) is 0.681. The van der Waals surface area contributed by atoms with E-state index < -0.39 is 0 Å². The maximum atomic E-state index is 5.20. The first kappa shape index (κ1) is 11.7. The Morgan fingerprint density at radius 1 is 1.11 bits per heavy atom. The summed E-state index contributed by atoms with van der Waals surface area (Å²) < 4.78 is 6.30. The summed E-state index contributed by atoms with van der Waals surface area (Å²) in [5.74, 6) is 0. The number of fused-ring (bicyclic) bond motifs is 1. The molecule has 0 aliphatic carbocycles. The van der Waals surface area contributed by atoms with Crippen LogP contribution in [-0.2, 0) is 0 Å². The van der Waals surface area contributed by atoms with Crippen molar-refractivity contribution in [1.29, 1.82) is 0 Å². The molecule has 0 N–H and O–H groups in total. The molecule has 2 nitrogen and oxygen atoms in total. The van der Waals surface area contributed by atoms with Crippen LogP contribution in [0.4, 0.5) is 0 Å². The summed E-state index contributed by atoms with van der Waals surface area (Å²) in [4.78, 5) is 4.42. The monoisotopic (exact) mass is 319 g/mol. The van der Waals surface area contributed by atoms with Crippen molar-refractivity contribution >= 4 is 38.0 Å². The first-order valence-electron chi connectivity index (χ1n) is 5.47. The highest BCUT2D eigenvalue weighted by Crippen LogP contribution is 2.36. The van der Waals surface area contributed by atoms with Gasteiger partial charge in [-0.15, -0.1) is 0 Å². The third-order valence-corrected chi connectivity index (χ3v) is 4.47. The molecule has 0 unspecified atom stereocenters. The highest BCUT2D eigenvalue weighted by molar-refractivity contribution is 9.10. The van der Waals surface area contributed by atoms with E-state index >= 15 is 0 Å². The Hall–Kier alpha value is -1.39. The molecule has 0 saturated carbocycles. The van der Waals surface area contributed by atoms with Gasteiger partial charge >= 0.3 is 0 Å². The van der Waals surface area contributed by atoms with Crippen LogP contribution < -0.4 is 4.74 Å². The average molecular weight is 320 g/mol. The molecule has 2 aromatic carbocycles. The third kappa shape index (κ3) is 1.91.